The third-order valence-electron chi connectivity index (χ3n) is 3.55. The first-order chi connectivity index (χ1) is 8.88. The lowest BCUT2D eigenvalue weighted by Gasteiger charge is -2.20. The molecule has 1 rings (SSSR count). The van der Waals surface area contributed by atoms with Gasteiger partial charge in [-0.2, -0.15) is 0 Å². The minimum atomic E-state index is -1.04. The Kier molecular flexibility index (Phi) is 5.10. The monoisotopic (exact) mass is 263 g/mol. The molecule has 2 N–H and O–H groups in total. The van der Waals surface area contributed by atoms with Crippen molar-refractivity contribution in [2.24, 2.45) is 5.92 Å². The van der Waals surface area contributed by atoms with E-state index in [2.05, 4.69) is 5.32 Å². The predicted molar refractivity (Wildman–Crippen MR) is 73.9 cm³/mol. The lowest BCUT2D eigenvalue weighted by molar-refractivity contribution is -0.142. The Morgan fingerprint density at radius 2 is 1.95 bits per heavy atom. The summed E-state index contributed by atoms with van der Waals surface area (Å²) in [5.74, 6) is -1.45. The second-order valence-corrected chi connectivity index (χ2v) is 4.88. The molecule has 0 radical (unpaired) electrons. The van der Waals surface area contributed by atoms with E-state index < -0.39 is 12.0 Å². The van der Waals surface area contributed by atoms with E-state index in [1.165, 1.54) is 0 Å². The number of hydrogen-bond acceptors (Lipinski definition) is 2. The van der Waals surface area contributed by atoms with Crippen LogP contribution in [0.1, 0.15) is 43.0 Å². The van der Waals surface area contributed by atoms with Crippen LogP contribution < -0.4 is 5.32 Å². The van der Waals surface area contributed by atoms with Crippen molar-refractivity contribution in [3.63, 3.8) is 0 Å². The average molecular weight is 263 g/mol. The van der Waals surface area contributed by atoms with Crippen molar-refractivity contribution in [3.8, 4) is 0 Å². The van der Waals surface area contributed by atoms with Crippen molar-refractivity contribution >= 4 is 11.9 Å². The standard InChI is InChI=1S/C15H21NO3/c1-5-9(2)14(17)16-13(15(18)19)12-8-6-7-10(3)11(12)4/h6-9,13H,5H2,1-4H3,(H,16,17)(H,18,19). The summed E-state index contributed by atoms with van der Waals surface area (Å²) in [6.45, 7) is 7.49. The fourth-order valence-electron chi connectivity index (χ4n) is 1.83. The molecule has 0 heterocycles. The number of carboxylic acid groups (broad SMARTS) is 1. The van der Waals surface area contributed by atoms with Gasteiger partial charge in [0.05, 0.1) is 0 Å². The maximum atomic E-state index is 11.9. The molecule has 0 saturated heterocycles. The molecule has 2 atom stereocenters. The minimum absolute atomic E-state index is 0.188. The molecule has 2 unspecified atom stereocenters. The summed E-state index contributed by atoms with van der Waals surface area (Å²) in [7, 11) is 0. The van der Waals surface area contributed by atoms with Gasteiger partial charge in [0.25, 0.3) is 0 Å². The number of rotatable bonds is 5. The molecule has 0 aliphatic carbocycles. The van der Waals surface area contributed by atoms with Crippen molar-refractivity contribution < 1.29 is 14.7 Å². The maximum Gasteiger partial charge on any atom is 0.330 e. The Bertz CT molecular complexity index is 482. The fourth-order valence-corrected chi connectivity index (χ4v) is 1.83. The van der Waals surface area contributed by atoms with Gasteiger partial charge in [0.2, 0.25) is 5.91 Å². The number of carbonyl (C=O) groups excluding carboxylic acids is 1. The third-order valence-corrected chi connectivity index (χ3v) is 3.55. The number of carbonyl (C=O) groups is 2. The molecule has 4 heteroatoms. The zero-order valence-electron chi connectivity index (χ0n) is 11.9. The minimum Gasteiger partial charge on any atom is -0.479 e. The number of nitrogens with one attached hydrogen (secondary N) is 1. The Labute approximate surface area is 113 Å². The summed E-state index contributed by atoms with van der Waals surface area (Å²) in [5, 5.41) is 11.9. The summed E-state index contributed by atoms with van der Waals surface area (Å²) >= 11 is 0. The van der Waals surface area contributed by atoms with Crippen LogP contribution in [0.15, 0.2) is 18.2 Å². The van der Waals surface area contributed by atoms with Crippen molar-refractivity contribution in [2.45, 2.75) is 40.2 Å². The van der Waals surface area contributed by atoms with E-state index in [-0.39, 0.29) is 11.8 Å². The number of aryl methyl sites for hydroxylation is 1. The Balaban J connectivity index is 3.05. The summed E-state index contributed by atoms with van der Waals surface area (Å²) < 4.78 is 0. The van der Waals surface area contributed by atoms with Gasteiger partial charge in [-0.05, 0) is 37.0 Å². The van der Waals surface area contributed by atoms with Gasteiger partial charge in [0, 0.05) is 5.92 Å². The normalized spacial score (nSPS) is 13.7. The lowest BCUT2D eigenvalue weighted by Crippen LogP contribution is -2.37. The molecule has 0 aromatic heterocycles. The van der Waals surface area contributed by atoms with Crippen molar-refractivity contribution in [2.75, 3.05) is 0 Å². The molecule has 19 heavy (non-hydrogen) atoms. The number of hydrogen-bond donors (Lipinski definition) is 2. The number of carboxylic acids is 1. The second-order valence-electron chi connectivity index (χ2n) is 4.88. The first kappa shape index (κ1) is 15.2. The molecule has 0 bridgehead atoms. The molecule has 4 nitrogen and oxygen atoms in total. The van der Waals surface area contributed by atoms with Gasteiger partial charge < -0.3 is 10.4 Å². The van der Waals surface area contributed by atoms with Crippen LogP contribution in [0.4, 0.5) is 0 Å². The fraction of sp³-hybridized carbons (Fsp3) is 0.467. The summed E-state index contributed by atoms with van der Waals surface area (Å²) in [6, 6.07) is 4.50. The van der Waals surface area contributed by atoms with Crippen LogP contribution in [-0.2, 0) is 9.59 Å². The van der Waals surface area contributed by atoms with E-state index in [9.17, 15) is 14.7 Å². The summed E-state index contributed by atoms with van der Waals surface area (Å²) in [6.07, 6.45) is 0.685. The summed E-state index contributed by atoms with van der Waals surface area (Å²) in [5.41, 5.74) is 2.56. The van der Waals surface area contributed by atoms with Gasteiger partial charge in [-0.1, -0.05) is 32.0 Å². The van der Waals surface area contributed by atoms with E-state index in [0.717, 1.165) is 11.1 Å². The molecule has 0 aliphatic rings. The third kappa shape index (κ3) is 3.56. The number of benzene rings is 1. The van der Waals surface area contributed by atoms with Gasteiger partial charge in [0.15, 0.2) is 6.04 Å². The van der Waals surface area contributed by atoms with Crippen LogP contribution in [0.5, 0.6) is 0 Å². The van der Waals surface area contributed by atoms with Crippen LogP contribution in [0, 0.1) is 19.8 Å². The predicted octanol–water partition coefficient (Wildman–Crippen LogP) is 2.59. The van der Waals surface area contributed by atoms with Crippen LogP contribution in [0.2, 0.25) is 0 Å². The van der Waals surface area contributed by atoms with E-state index >= 15 is 0 Å². The zero-order chi connectivity index (χ0) is 14.6. The molecule has 0 fully saturated rings. The van der Waals surface area contributed by atoms with Crippen LogP contribution >= 0.6 is 0 Å². The van der Waals surface area contributed by atoms with Gasteiger partial charge in [-0.25, -0.2) is 4.79 Å². The lowest BCUT2D eigenvalue weighted by atomic mass is 9.96. The van der Waals surface area contributed by atoms with Crippen molar-refractivity contribution in [3.05, 3.63) is 34.9 Å². The second kappa shape index (κ2) is 6.36. The van der Waals surface area contributed by atoms with Gasteiger partial charge in [0.1, 0.15) is 0 Å². The molecule has 1 aromatic rings. The van der Waals surface area contributed by atoms with E-state index in [1.807, 2.05) is 32.9 Å². The summed E-state index contributed by atoms with van der Waals surface area (Å²) in [4.78, 5) is 23.3. The zero-order valence-corrected chi connectivity index (χ0v) is 11.9. The highest BCUT2D eigenvalue weighted by Gasteiger charge is 2.25. The van der Waals surface area contributed by atoms with Gasteiger partial charge >= 0.3 is 5.97 Å². The molecule has 1 aromatic carbocycles. The molecule has 0 spiro atoms. The topological polar surface area (TPSA) is 66.4 Å². The number of aliphatic carboxylic acids is 1. The van der Waals surface area contributed by atoms with E-state index in [1.54, 1.807) is 13.0 Å². The largest absolute Gasteiger partial charge is 0.479 e. The SMILES string of the molecule is CCC(C)C(=O)NC(C(=O)O)c1cccc(C)c1C. The first-order valence-corrected chi connectivity index (χ1v) is 6.47. The maximum absolute atomic E-state index is 11.9. The Morgan fingerprint density at radius 1 is 1.32 bits per heavy atom. The molecule has 0 aliphatic heterocycles. The van der Waals surface area contributed by atoms with Crippen LogP contribution in [0.25, 0.3) is 0 Å². The van der Waals surface area contributed by atoms with Crippen LogP contribution in [0.3, 0.4) is 0 Å². The van der Waals surface area contributed by atoms with Crippen LogP contribution in [-0.4, -0.2) is 17.0 Å². The Morgan fingerprint density at radius 3 is 2.47 bits per heavy atom. The molecule has 0 saturated carbocycles. The Hall–Kier alpha value is -1.84. The molecule has 1 amide bonds. The average Bonchev–Trinajstić information content (AvgIpc) is 2.38. The highest BCUT2D eigenvalue weighted by molar-refractivity contribution is 5.86. The molecular weight excluding hydrogens is 242 g/mol. The highest BCUT2D eigenvalue weighted by atomic mass is 16.4. The van der Waals surface area contributed by atoms with Gasteiger partial charge in [-0.3, -0.25) is 4.79 Å². The highest BCUT2D eigenvalue weighted by Crippen LogP contribution is 2.21. The quantitative estimate of drug-likeness (QED) is 0.858. The van der Waals surface area contributed by atoms with E-state index in [4.69, 9.17) is 0 Å². The van der Waals surface area contributed by atoms with Crippen molar-refractivity contribution in [1.29, 1.82) is 0 Å². The first-order valence-electron chi connectivity index (χ1n) is 6.47. The van der Waals surface area contributed by atoms with Gasteiger partial charge in [-0.15, -0.1) is 0 Å². The number of amides is 1. The van der Waals surface area contributed by atoms with Crippen molar-refractivity contribution in [1.82, 2.24) is 5.32 Å². The molecular formula is C15H21NO3. The smallest absolute Gasteiger partial charge is 0.330 e. The molecule has 104 valence electrons. The van der Waals surface area contributed by atoms with E-state index in [0.29, 0.717) is 12.0 Å².